The van der Waals surface area contributed by atoms with Crippen LogP contribution in [0.3, 0.4) is 0 Å². The van der Waals surface area contributed by atoms with Crippen LogP contribution in [0.4, 0.5) is 11.4 Å². The van der Waals surface area contributed by atoms with Crippen LogP contribution in [0.5, 0.6) is 0 Å². The van der Waals surface area contributed by atoms with Gasteiger partial charge in [-0.3, -0.25) is 9.69 Å². The number of nitrogens with zero attached hydrogens (tertiary/aromatic N) is 2. The van der Waals surface area contributed by atoms with E-state index >= 15 is 0 Å². The molecule has 0 bridgehead atoms. The zero-order valence-corrected chi connectivity index (χ0v) is 16.4. The topological polar surface area (TPSA) is 35.6 Å². The van der Waals surface area contributed by atoms with E-state index in [0.717, 1.165) is 53.7 Å². The van der Waals surface area contributed by atoms with Crippen LogP contribution in [0.2, 0.25) is 5.02 Å². The second-order valence-corrected chi connectivity index (χ2v) is 7.37. The maximum Gasteiger partial charge on any atom is 0.241 e. The van der Waals surface area contributed by atoms with Gasteiger partial charge in [0.05, 0.1) is 16.8 Å². The number of para-hydroxylation sites is 1. The molecular weight excluding hydrogens is 346 g/mol. The second kappa shape index (κ2) is 8.11. The van der Waals surface area contributed by atoms with Crippen LogP contribution in [-0.2, 0) is 4.79 Å². The van der Waals surface area contributed by atoms with Crippen molar-refractivity contribution in [2.75, 3.05) is 36.4 Å². The van der Waals surface area contributed by atoms with E-state index in [1.54, 1.807) is 0 Å². The monoisotopic (exact) mass is 371 g/mol. The first-order valence-electron chi connectivity index (χ1n) is 9.07. The van der Waals surface area contributed by atoms with E-state index in [1.807, 2.05) is 51.1 Å². The number of halogens is 1. The highest BCUT2D eigenvalue weighted by Gasteiger charge is 2.26. The molecule has 3 rings (SSSR count). The quantitative estimate of drug-likeness (QED) is 0.878. The Morgan fingerprint density at radius 2 is 1.77 bits per heavy atom. The van der Waals surface area contributed by atoms with Gasteiger partial charge in [-0.15, -0.1) is 0 Å². The maximum absolute atomic E-state index is 12.7. The number of aryl methyl sites for hydroxylation is 2. The number of piperazine rings is 1. The Morgan fingerprint density at radius 3 is 2.46 bits per heavy atom. The lowest BCUT2D eigenvalue weighted by Gasteiger charge is -2.38. The maximum atomic E-state index is 12.7. The number of amides is 1. The number of anilines is 2. The summed E-state index contributed by atoms with van der Waals surface area (Å²) in [5.41, 5.74) is 4.20. The SMILES string of the molecule is Cc1ccc(C)c(NC(=O)[C@@H](C)N2CCN(c3ccccc3Cl)CC2)c1. The van der Waals surface area contributed by atoms with Crippen molar-refractivity contribution in [1.29, 1.82) is 0 Å². The molecule has 26 heavy (non-hydrogen) atoms. The van der Waals surface area contributed by atoms with Gasteiger partial charge in [0, 0.05) is 31.9 Å². The average molecular weight is 372 g/mol. The van der Waals surface area contributed by atoms with Gasteiger partial charge in [-0.1, -0.05) is 35.9 Å². The van der Waals surface area contributed by atoms with Crippen molar-refractivity contribution in [3.63, 3.8) is 0 Å². The van der Waals surface area contributed by atoms with Crippen LogP contribution < -0.4 is 10.2 Å². The van der Waals surface area contributed by atoms with E-state index in [1.165, 1.54) is 0 Å². The summed E-state index contributed by atoms with van der Waals surface area (Å²) >= 11 is 6.31. The molecule has 1 fully saturated rings. The molecule has 1 heterocycles. The number of hydrogen-bond donors (Lipinski definition) is 1. The van der Waals surface area contributed by atoms with E-state index in [4.69, 9.17) is 11.6 Å². The summed E-state index contributed by atoms with van der Waals surface area (Å²) in [7, 11) is 0. The third-order valence-corrected chi connectivity index (χ3v) is 5.41. The van der Waals surface area contributed by atoms with Crippen molar-refractivity contribution in [2.45, 2.75) is 26.8 Å². The first kappa shape index (κ1) is 18.7. The van der Waals surface area contributed by atoms with E-state index < -0.39 is 0 Å². The Balaban J connectivity index is 1.59. The molecule has 4 nitrogen and oxygen atoms in total. The van der Waals surface area contributed by atoms with Gasteiger partial charge in [-0.05, 0) is 50.1 Å². The summed E-state index contributed by atoms with van der Waals surface area (Å²) in [6.07, 6.45) is 0. The number of carbonyl (C=O) groups excluding carboxylic acids is 1. The predicted molar refractivity (Wildman–Crippen MR) is 109 cm³/mol. The fourth-order valence-corrected chi connectivity index (χ4v) is 3.59. The smallest absolute Gasteiger partial charge is 0.241 e. The van der Waals surface area contributed by atoms with Gasteiger partial charge >= 0.3 is 0 Å². The third kappa shape index (κ3) is 4.19. The standard InChI is InChI=1S/C21H26ClN3O/c1-15-8-9-16(2)19(14-15)23-21(26)17(3)24-10-12-25(13-11-24)20-7-5-4-6-18(20)22/h4-9,14,17H,10-13H2,1-3H3,(H,23,26)/t17-/m1/s1. The molecule has 0 aromatic heterocycles. The lowest BCUT2D eigenvalue weighted by Crippen LogP contribution is -2.52. The summed E-state index contributed by atoms with van der Waals surface area (Å²) in [6, 6.07) is 13.9. The normalized spacial score (nSPS) is 16.4. The molecule has 1 aliphatic rings. The van der Waals surface area contributed by atoms with Gasteiger partial charge in [0.15, 0.2) is 0 Å². The van der Waals surface area contributed by atoms with Crippen LogP contribution in [0.25, 0.3) is 0 Å². The Hall–Kier alpha value is -2.04. The van der Waals surface area contributed by atoms with Crippen molar-refractivity contribution in [2.24, 2.45) is 0 Å². The molecular formula is C21H26ClN3O. The van der Waals surface area contributed by atoms with E-state index in [2.05, 4.69) is 27.2 Å². The second-order valence-electron chi connectivity index (χ2n) is 6.96. The average Bonchev–Trinajstić information content (AvgIpc) is 2.64. The number of nitrogens with one attached hydrogen (secondary N) is 1. The van der Waals surface area contributed by atoms with Gasteiger partial charge in [-0.2, -0.15) is 0 Å². The summed E-state index contributed by atoms with van der Waals surface area (Å²) in [4.78, 5) is 17.2. The molecule has 1 atom stereocenters. The van der Waals surface area contributed by atoms with Gasteiger partial charge < -0.3 is 10.2 Å². The predicted octanol–water partition coefficient (Wildman–Crippen LogP) is 4.11. The number of carbonyl (C=O) groups is 1. The number of hydrogen-bond acceptors (Lipinski definition) is 3. The van der Waals surface area contributed by atoms with Crippen LogP contribution in [-0.4, -0.2) is 43.0 Å². The van der Waals surface area contributed by atoms with E-state index in [9.17, 15) is 4.79 Å². The number of rotatable bonds is 4. The van der Waals surface area contributed by atoms with Crippen molar-refractivity contribution < 1.29 is 4.79 Å². The summed E-state index contributed by atoms with van der Waals surface area (Å²) in [6.45, 7) is 9.44. The van der Waals surface area contributed by atoms with Gasteiger partial charge in [-0.25, -0.2) is 0 Å². The Labute approximate surface area is 160 Å². The molecule has 1 N–H and O–H groups in total. The lowest BCUT2D eigenvalue weighted by molar-refractivity contribution is -0.120. The zero-order chi connectivity index (χ0) is 18.7. The molecule has 2 aromatic rings. The van der Waals surface area contributed by atoms with Crippen molar-refractivity contribution in [3.8, 4) is 0 Å². The Kier molecular flexibility index (Phi) is 5.84. The minimum atomic E-state index is -0.164. The van der Waals surface area contributed by atoms with Crippen molar-refractivity contribution in [3.05, 3.63) is 58.6 Å². The van der Waals surface area contributed by atoms with Gasteiger partial charge in [0.2, 0.25) is 5.91 Å². The first-order valence-corrected chi connectivity index (χ1v) is 9.45. The minimum Gasteiger partial charge on any atom is -0.368 e. The van der Waals surface area contributed by atoms with Gasteiger partial charge in [0.1, 0.15) is 0 Å². The highest BCUT2D eigenvalue weighted by Crippen LogP contribution is 2.26. The van der Waals surface area contributed by atoms with E-state index in [0.29, 0.717) is 0 Å². The Morgan fingerprint density at radius 1 is 1.08 bits per heavy atom. The fourth-order valence-electron chi connectivity index (χ4n) is 3.33. The zero-order valence-electron chi connectivity index (χ0n) is 15.6. The molecule has 1 saturated heterocycles. The van der Waals surface area contributed by atoms with Crippen molar-refractivity contribution >= 4 is 28.9 Å². The lowest BCUT2D eigenvalue weighted by atomic mass is 10.1. The highest BCUT2D eigenvalue weighted by atomic mass is 35.5. The van der Waals surface area contributed by atoms with Crippen molar-refractivity contribution in [1.82, 2.24) is 4.90 Å². The molecule has 1 amide bonds. The molecule has 0 aliphatic carbocycles. The molecule has 0 spiro atoms. The molecule has 138 valence electrons. The van der Waals surface area contributed by atoms with Crippen LogP contribution in [0.1, 0.15) is 18.1 Å². The van der Waals surface area contributed by atoms with Crippen LogP contribution >= 0.6 is 11.6 Å². The molecule has 0 saturated carbocycles. The summed E-state index contributed by atoms with van der Waals surface area (Å²) in [5.74, 6) is 0.0462. The fraction of sp³-hybridized carbons (Fsp3) is 0.381. The number of benzene rings is 2. The summed E-state index contributed by atoms with van der Waals surface area (Å²) in [5, 5.41) is 3.86. The third-order valence-electron chi connectivity index (χ3n) is 5.09. The molecule has 0 radical (unpaired) electrons. The summed E-state index contributed by atoms with van der Waals surface area (Å²) < 4.78 is 0. The largest absolute Gasteiger partial charge is 0.368 e. The van der Waals surface area contributed by atoms with Crippen LogP contribution in [0, 0.1) is 13.8 Å². The highest BCUT2D eigenvalue weighted by molar-refractivity contribution is 6.33. The first-order chi connectivity index (χ1) is 12.5. The van der Waals surface area contributed by atoms with E-state index in [-0.39, 0.29) is 11.9 Å². The minimum absolute atomic E-state index is 0.0462. The Bertz CT molecular complexity index is 785. The molecule has 1 aliphatic heterocycles. The molecule has 2 aromatic carbocycles. The van der Waals surface area contributed by atoms with Gasteiger partial charge in [0.25, 0.3) is 0 Å². The molecule has 5 heteroatoms. The van der Waals surface area contributed by atoms with Crippen LogP contribution in [0.15, 0.2) is 42.5 Å². The molecule has 0 unspecified atom stereocenters.